The molecule has 0 spiro atoms. The van der Waals surface area contributed by atoms with Gasteiger partial charge in [0.2, 0.25) is 0 Å². The summed E-state index contributed by atoms with van der Waals surface area (Å²) in [6.07, 6.45) is 3.85. The number of benzene rings is 2. The molecule has 192 valence electrons. The number of ketones is 1. The molecule has 1 heterocycles. The van der Waals surface area contributed by atoms with Crippen molar-refractivity contribution < 1.29 is 19.2 Å². The molecule has 1 aliphatic rings. The molecule has 3 aromatic rings. The monoisotopic (exact) mass is 502 g/mol. The maximum atomic E-state index is 13.0. The summed E-state index contributed by atoms with van der Waals surface area (Å²) in [6, 6.07) is 11.6. The summed E-state index contributed by atoms with van der Waals surface area (Å²) in [7, 11) is 1.58. The first-order valence-electron chi connectivity index (χ1n) is 12.1. The summed E-state index contributed by atoms with van der Waals surface area (Å²) in [5, 5.41) is 19.5. The highest BCUT2D eigenvalue weighted by molar-refractivity contribution is 6.00. The quantitative estimate of drug-likeness (QED) is 0.250. The van der Waals surface area contributed by atoms with E-state index in [0.717, 1.165) is 5.56 Å². The number of aromatic nitrogens is 2. The summed E-state index contributed by atoms with van der Waals surface area (Å²) in [4.78, 5) is 37.4. The smallest absolute Gasteiger partial charge is 0.295 e. The molecule has 9 nitrogen and oxygen atoms in total. The van der Waals surface area contributed by atoms with Crippen molar-refractivity contribution in [2.75, 3.05) is 7.11 Å². The lowest BCUT2D eigenvalue weighted by molar-refractivity contribution is -0.384. The molecular formula is C28H30N4O5. The van der Waals surface area contributed by atoms with Crippen molar-refractivity contribution >= 4 is 17.4 Å². The number of nitro groups is 1. The van der Waals surface area contributed by atoms with E-state index >= 15 is 0 Å². The molecule has 2 aromatic carbocycles. The third-order valence-electron chi connectivity index (χ3n) is 6.48. The average molecular weight is 503 g/mol. The van der Waals surface area contributed by atoms with Crippen molar-refractivity contribution in [2.24, 2.45) is 5.41 Å². The van der Waals surface area contributed by atoms with Crippen LogP contribution in [-0.4, -0.2) is 33.5 Å². The van der Waals surface area contributed by atoms with E-state index < -0.39 is 10.8 Å². The number of carbonyl (C=O) groups is 2. The average Bonchev–Trinajstić information content (AvgIpc) is 3.23. The molecule has 37 heavy (non-hydrogen) atoms. The van der Waals surface area contributed by atoms with E-state index in [-0.39, 0.29) is 34.7 Å². The van der Waals surface area contributed by atoms with Crippen LogP contribution >= 0.6 is 0 Å². The second kappa shape index (κ2) is 10.4. The van der Waals surface area contributed by atoms with Gasteiger partial charge in [-0.15, -0.1) is 6.58 Å². The number of carbonyl (C=O) groups excluding carboxylic acids is 2. The summed E-state index contributed by atoms with van der Waals surface area (Å²) >= 11 is 0. The van der Waals surface area contributed by atoms with Gasteiger partial charge in [0, 0.05) is 24.6 Å². The van der Waals surface area contributed by atoms with Crippen LogP contribution in [0.3, 0.4) is 0 Å². The Hall–Kier alpha value is -4.27. The number of rotatable bonds is 9. The minimum Gasteiger partial charge on any atom is -0.497 e. The van der Waals surface area contributed by atoms with Crippen molar-refractivity contribution in [2.45, 2.75) is 46.1 Å². The highest BCUT2D eigenvalue weighted by Gasteiger charge is 2.37. The van der Waals surface area contributed by atoms with E-state index in [1.54, 1.807) is 31.4 Å². The number of hydrogen-bond acceptors (Lipinski definition) is 6. The van der Waals surface area contributed by atoms with Crippen LogP contribution in [0.25, 0.3) is 5.69 Å². The fourth-order valence-electron chi connectivity index (χ4n) is 4.66. The van der Waals surface area contributed by atoms with Gasteiger partial charge >= 0.3 is 0 Å². The number of allylic oxidation sites excluding steroid dienone is 1. The van der Waals surface area contributed by atoms with Crippen LogP contribution in [-0.2, 0) is 19.4 Å². The Morgan fingerprint density at radius 3 is 2.62 bits per heavy atom. The molecule has 1 aliphatic carbocycles. The van der Waals surface area contributed by atoms with Crippen molar-refractivity contribution in [3.63, 3.8) is 0 Å². The highest BCUT2D eigenvalue weighted by Crippen LogP contribution is 2.38. The first-order valence-corrected chi connectivity index (χ1v) is 12.1. The van der Waals surface area contributed by atoms with Gasteiger partial charge in [-0.05, 0) is 54.5 Å². The summed E-state index contributed by atoms with van der Waals surface area (Å²) < 4.78 is 6.66. The Bertz CT molecular complexity index is 1370. The van der Waals surface area contributed by atoms with E-state index in [1.807, 2.05) is 26.0 Å². The number of ether oxygens (including phenoxy) is 1. The molecule has 0 atom stereocenters. The highest BCUT2D eigenvalue weighted by atomic mass is 16.6. The Balaban J connectivity index is 1.68. The van der Waals surface area contributed by atoms with Crippen LogP contribution in [0.4, 0.5) is 5.69 Å². The van der Waals surface area contributed by atoms with E-state index in [2.05, 4.69) is 17.0 Å². The molecule has 0 fully saturated rings. The number of fused-ring (bicyclic) bond motifs is 1. The van der Waals surface area contributed by atoms with Crippen LogP contribution in [0.1, 0.15) is 64.4 Å². The molecule has 0 aliphatic heterocycles. The zero-order chi connectivity index (χ0) is 26.7. The van der Waals surface area contributed by atoms with Gasteiger partial charge in [0.15, 0.2) is 5.78 Å². The molecule has 0 saturated carbocycles. The number of amides is 1. The van der Waals surface area contributed by atoms with Crippen molar-refractivity contribution in [1.29, 1.82) is 0 Å². The number of nitro benzene ring substituents is 1. The SMILES string of the molecule is C=CCCc1nn(-c2ccc(C(=O)NCc3ccc(OC)cc3)cc2[N+](=O)[O-])c2c1C(=O)CC(C)(C)C2. The fraction of sp³-hybridized carbons (Fsp3) is 0.321. The number of hydrogen-bond donors (Lipinski definition) is 1. The lowest BCUT2D eigenvalue weighted by atomic mass is 9.75. The predicted molar refractivity (Wildman–Crippen MR) is 139 cm³/mol. The minimum atomic E-state index is -0.525. The van der Waals surface area contributed by atoms with Gasteiger partial charge in [-0.3, -0.25) is 19.7 Å². The van der Waals surface area contributed by atoms with Crippen LogP contribution in [0.5, 0.6) is 5.75 Å². The summed E-state index contributed by atoms with van der Waals surface area (Å²) in [5.41, 5.74) is 2.53. The second-order valence-corrected chi connectivity index (χ2v) is 9.94. The molecule has 0 unspecified atom stereocenters. The first-order chi connectivity index (χ1) is 17.6. The van der Waals surface area contributed by atoms with Gasteiger partial charge in [0.25, 0.3) is 11.6 Å². The Kier molecular flexibility index (Phi) is 7.24. The van der Waals surface area contributed by atoms with Gasteiger partial charge in [-0.1, -0.05) is 32.1 Å². The Morgan fingerprint density at radius 1 is 1.24 bits per heavy atom. The largest absolute Gasteiger partial charge is 0.497 e. The van der Waals surface area contributed by atoms with Crippen LogP contribution in [0.2, 0.25) is 0 Å². The van der Waals surface area contributed by atoms with Crippen LogP contribution in [0.15, 0.2) is 55.1 Å². The van der Waals surface area contributed by atoms with Crippen molar-refractivity contribution in [1.82, 2.24) is 15.1 Å². The number of nitrogens with one attached hydrogen (secondary N) is 1. The molecule has 0 radical (unpaired) electrons. The van der Waals surface area contributed by atoms with Gasteiger partial charge in [0.05, 0.1) is 29.0 Å². The first kappa shape index (κ1) is 25.8. The zero-order valence-electron chi connectivity index (χ0n) is 21.2. The minimum absolute atomic E-state index is 0.00579. The third kappa shape index (κ3) is 5.45. The maximum absolute atomic E-state index is 13.0. The second-order valence-electron chi connectivity index (χ2n) is 9.94. The van der Waals surface area contributed by atoms with Gasteiger partial charge in [0.1, 0.15) is 11.4 Å². The van der Waals surface area contributed by atoms with Gasteiger partial charge in [-0.25, -0.2) is 4.68 Å². The lowest BCUT2D eigenvalue weighted by Gasteiger charge is -2.29. The Morgan fingerprint density at radius 2 is 1.97 bits per heavy atom. The summed E-state index contributed by atoms with van der Waals surface area (Å²) in [6.45, 7) is 8.01. The predicted octanol–water partition coefficient (Wildman–Crippen LogP) is 4.99. The number of methoxy groups -OCH3 is 1. The van der Waals surface area contributed by atoms with Gasteiger partial charge < -0.3 is 10.1 Å². The molecule has 4 rings (SSSR count). The molecule has 0 bridgehead atoms. The summed E-state index contributed by atoms with van der Waals surface area (Å²) in [5.74, 6) is 0.268. The van der Waals surface area contributed by atoms with Crippen molar-refractivity contribution in [3.05, 3.63) is 93.3 Å². The van der Waals surface area contributed by atoms with Crippen LogP contribution < -0.4 is 10.1 Å². The molecular weight excluding hydrogens is 472 g/mol. The normalized spacial score (nSPS) is 14.1. The van der Waals surface area contributed by atoms with Crippen LogP contribution in [0, 0.1) is 15.5 Å². The van der Waals surface area contributed by atoms with E-state index in [9.17, 15) is 19.7 Å². The van der Waals surface area contributed by atoms with Crippen molar-refractivity contribution in [3.8, 4) is 11.4 Å². The number of aryl methyl sites for hydroxylation is 1. The number of nitrogens with zero attached hydrogens (tertiary/aromatic N) is 3. The molecule has 1 aromatic heterocycles. The van der Waals surface area contributed by atoms with E-state index in [4.69, 9.17) is 4.74 Å². The molecule has 1 amide bonds. The van der Waals surface area contributed by atoms with Gasteiger partial charge in [-0.2, -0.15) is 5.10 Å². The third-order valence-corrected chi connectivity index (χ3v) is 6.48. The zero-order valence-corrected chi connectivity index (χ0v) is 21.2. The van der Waals surface area contributed by atoms with E-state index in [1.165, 1.54) is 16.8 Å². The Labute approximate surface area is 215 Å². The standard InChI is InChI=1S/C28H30N4O5/c1-5-6-7-21-26-24(15-28(2,3)16-25(26)33)31(30-21)22-13-10-19(14-23(22)32(35)36)27(34)29-17-18-8-11-20(37-4)12-9-18/h5,8-14H,1,6-7,15-17H2,2-4H3,(H,29,34). The topological polar surface area (TPSA) is 116 Å². The molecule has 0 saturated heterocycles. The molecule has 1 N–H and O–H groups in total. The molecule has 9 heteroatoms. The fourth-order valence-corrected chi connectivity index (χ4v) is 4.66. The van der Waals surface area contributed by atoms with E-state index in [0.29, 0.717) is 48.4 Å². The number of Topliss-reactive ketones (excluding diaryl/α,β-unsaturated/α-hetero) is 1. The maximum Gasteiger partial charge on any atom is 0.295 e. The lowest BCUT2D eigenvalue weighted by Crippen LogP contribution is -2.28.